The molecule has 0 aliphatic rings. The number of aromatic nitrogens is 2. The van der Waals surface area contributed by atoms with Gasteiger partial charge < -0.3 is 9.32 Å². The molecule has 0 N–H and O–H groups in total. The van der Waals surface area contributed by atoms with E-state index in [1.54, 1.807) is 17.0 Å². The topological polar surface area (TPSA) is 59.2 Å². The van der Waals surface area contributed by atoms with Crippen molar-refractivity contribution in [2.24, 2.45) is 0 Å². The van der Waals surface area contributed by atoms with Crippen LogP contribution in [0.1, 0.15) is 13.8 Å². The number of hydrogen-bond acceptors (Lipinski definition) is 5. The van der Waals surface area contributed by atoms with E-state index in [0.717, 1.165) is 11.3 Å². The third-order valence-electron chi connectivity index (χ3n) is 3.64. The Balaban J connectivity index is 1.66. The number of halogens is 1. The van der Waals surface area contributed by atoms with Gasteiger partial charge in [0.1, 0.15) is 0 Å². The van der Waals surface area contributed by atoms with Crippen molar-refractivity contribution in [3.63, 3.8) is 0 Å². The van der Waals surface area contributed by atoms with Crippen LogP contribution in [0.4, 0.5) is 5.69 Å². The fourth-order valence-electron chi connectivity index (χ4n) is 2.49. The van der Waals surface area contributed by atoms with Gasteiger partial charge in [0.15, 0.2) is 0 Å². The minimum atomic E-state index is -0.0116. The molecular weight excluding hydrogens is 370 g/mol. The van der Waals surface area contributed by atoms with Crippen LogP contribution in [0.5, 0.6) is 0 Å². The zero-order valence-electron chi connectivity index (χ0n) is 14.4. The molecule has 1 amide bonds. The molecule has 0 saturated carbocycles. The van der Waals surface area contributed by atoms with Crippen molar-refractivity contribution >= 4 is 35.0 Å². The zero-order valence-corrected chi connectivity index (χ0v) is 16.0. The summed E-state index contributed by atoms with van der Waals surface area (Å²) < 4.78 is 5.63. The van der Waals surface area contributed by atoms with Crippen LogP contribution in [-0.2, 0) is 4.79 Å². The Kier molecular flexibility index (Phi) is 5.96. The van der Waals surface area contributed by atoms with Crippen molar-refractivity contribution in [3.05, 3.63) is 59.6 Å². The standard InChI is InChI=1S/C19H18ClN3O2S/c1-13(2)23(16-6-4-3-5-7-16)17(24)12-26-19-22-21-18(25-19)14-8-10-15(20)11-9-14/h3-11,13H,12H2,1-2H3. The number of rotatable bonds is 6. The van der Waals surface area contributed by atoms with Gasteiger partial charge >= 0.3 is 0 Å². The lowest BCUT2D eigenvalue weighted by atomic mass is 10.2. The molecule has 2 aromatic carbocycles. The van der Waals surface area contributed by atoms with Gasteiger partial charge in [0.05, 0.1) is 5.75 Å². The fourth-order valence-corrected chi connectivity index (χ4v) is 3.24. The van der Waals surface area contributed by atoms with E-state index < -0.39 is 0 Å². The number of hydrogen-bond donors (Lipinski definition) is 0. The van der Waals surface area contributed by atoms with Gasteiger partial charge in [-0.2, -0.15) is 0 Å². The lowest BCUT2D eigenvalue weighted by molar-refractivity contribution is -0.116. The molecule has 0 saturated heterocycles. The number of nitrogens with zero attached hydrogens (tertiary/aromatic N) is 3. The Labute approximate surface area is 161 Å². The lowest BCUT2D eigenvalue weighted by Crippen LogP contribution is -2.38. The molecule has 0 fully saturated rings. The Morgan fingerprint density at radius 2 is 1.81 bits per heavy atom. The van der Waals surface area contributed by atoms with Crippen molar-refractivity contribution in [1.82, 2.24) is 10.2 Å². The number of benzene rings is 2. The molecular formula is C19H18ClN3O2S. The van der Waals surface area contributed by atoms with Gasteiger partial charge in [-0.1, -0.05) is 41.6 Å². The van der Waals surface area contributed by atoms with Crippen molar-refractivity contribution in [1.29, 1.82) is 0 Å². The minimum absolute atomic E-state index is 0.0116. The van der Waals surface area contributed by atoms with Crippen molar-refractivity contribution in [2.75, 3.05) is 10.7 Å². The third-order valence-corrected chi connectivity index (χ3v) is 4.69. The number of carbonyl (C=O) groups is 1. The van der Waals surface area contributed by atoms with Crippen LogP contribution in [0.25, 0.3) is 11.5 Å². The number of anilines is 1. The number of para-hydroxylation sites is 1. The highest BCUT2D eigenvalue weighted by Crippen LogP contribution is 2.25. The number of amides is 1. The third kappa shape index (κ3) is 4.45. The van der Waals surface area contributed by atoms with E-state index in [1.165, 1.54) is 11.8 Å². The molecule has 26 heavy (non-hydrogen) atoms. The summed E-state index contributed by atoms with van der Waals surface area (Å²) in [6.45, 7) is 3.97. The summed E-state index contributed by atoms with van der Waals surface area (Å²) in [7, 11) is 0. The van der Waals surface area contributed by atoms with Gasteiger partial charge in [-0.15, -0.1) is 10.2 Å². The predicted octanol–water partition coefficient (Wildman–Crippen LogP) is 4.92. The first-order chi connectivity index (χ1) is 12.5. The van der Waals surface area contributed by atoms with E-state index in [9.17, 15) is 4.79 Å². The first-order valence-electron chi connectivity index (χ1n) is 8.14. The minimum Gasteiger partial charge on any atom is -0.411 e. The molecule has 0 aliphatic carbocycles. The number of thioether (sulfide) groups is 1. The molecule has 1 heterocycles. The first kappa shape index (κ1) is 18.5. The van der Waals surface area contributed by atoms with Crippen LogP contribution < -0.4 is 4.90 Å². The molecule has 0 aliphatic heterocycles. The summed E-state index contributed by atoms with van der Waals surface area (Å²) in [5.74, 6) is 0.609. The Morgan fingerprint density at radius 1 is 1.12 bits per heavy atom. The highest BCUT2D eigenvalue weighted by atomic mass is 35.5. The molecule has 0 spiro atoms. The first-order valence-corrected chi connectivity index (χ1v) is 9.50. The summed E-state index contributed by atoms with van der Waals surface area (Å²) in [5.41, 5.74) is 1.66. The summed E-state index contributed by atoms with van der Waals surface area (Å²) in [6.07, 6.45) is 0. The summed E-state index contributed by atoms with van der Waals surface area (Å²) in [4.78, 5) is 14.4. The Hall–Kier alpha value is -2.31. The van der Waals surface area contributed by atoms with E-state index in [4.69, 9.17) is 16.0 Å². The van der Waals surface area contributed by atoms with Crippen LogP contribution in [-0.4, -0.2) is 27.9 Å². The second kappa shape index (κ2) is 8.38. The van der Waals surface area contributed by atoms with Gasteiger partial charge in [-0.3, -0.25) is 4.79 Å². The molecule has 1 aromatic heterocycles. The normalized spacial score (nSPS) is 10.9. The molecule has 5 nitrogen and oxygen atoms in total. The van der Waals surface area contributed by atoms with Crippen LogP contribution in [0.15, 0.2) is 64.2 Å². The average Bonchev–Trinajstić information content (AvgIpc) is 3.10. The smallest absolute Gasteiger partial charge is 0.277 e. The summed E-state index contributed by atoms with van der Waals surface area (Å²) in [5, 5.41) is 9.04. The molecule has 0 unspecified atom stereocenters. The molecule has 3 aromatic rings. The molecule has 0 bridgehead atoms. The lowest BCUT2D eigenvalue weighted by Gasteiger charge is -2.26. The van der Waals surface area contributed by atoms with Gasteiger partial charge in [0.25, 0.3) is 5.22 Å². The Bertz CT molecular complexity index is 866. The molecule has 0 radical (unpaired) electrons. The van der Waals surface area contributed by atoms with Crippen LogP contribution in [0, 0.1) is 0 Å². The largest absolute Gasteiger partial charge is 0.411 e. The van der Waals surface area contributed by atoms with Crippen molar-refractivity contribution in [2.45, 2.75) is 25.1 Å². The van der Waals surface area contributed by atoms with Crippen molar-refractivity contribution < 1.29 is 9.21 Å². The van der Waals surface area contributed by atoms with E-state index in [2.05, 4.69) is 10.2 Å². The SMILES string of the molecule is CC(C)N(C(=O)CSc1nnc(-c2ccc(Cl)cc2)o1)c1ccccc1. The molecule has 134 valence electrons. The Morgan fingerprint density at radius 3 is 2.46 bits per heavy atom. The van der Waals surface area contributed by atoms with Gasteiger partial charge in [-0.25, -0.2) is 0 Å². The maximum Gasteiger partial charge on any atom is 0.277 e. The molecule has 0 atom stereocenters. The molecule has 7 heteroatoms. The van der Waals surface area contributed by atoms with Crippen molar-refractivity contribution in [3.8, 4) is 11.5 Å². The quantitative estimate of drug-likeness (QED) is 0.561. The highest BCUT2D eigenvalue weighted by molar-refractivity contribution is 7.99. The second-order valence-corrected chi connectivity index (χ2v) is 7.22. The zero-order chi connectivity index (χ0) is 18.5. The maximum absolute atomic E-state index is 12.7. The second-order valence-electron chi connectivity index (χ2n) is 5.86. The van der Waals surface area contributed by atoms with Crippen LogP contribution >= 0.6 is 23.4 Å². The predicted molar refractivity (Wildman–Crippen MR) is 105 cm³/mol. The fraction of sp³-hybridized carbons (Fsp3) is 0.211. The number of carbonyl (C=O) groups excluding carboxylic acids is 1. The summed E-state index contributed by atoms with van der Waals surface area (Å²) >= 11 is 7.11. The monoisotopic (exact) mass is 387 g/mol. The van der Waals surface area contributed by atoms with E-state index >= 15 is 0 Å². The summed E-state index contributed by atoms with van der Waals surface area (Å²) in [6, 6.07) is 16.8. The molecule has 3 rings (SSSR count). The van der Waals surface area contributed by atoms with Gasteiger partial charge in [-0.05, 0) is 50.2 Å². The van der Waals surface area contributed by atoms with E-state index in [-0.39, 0.29) is 17.7 Å². The van der Waals surface area contributed by atoms with Crippen LogP contribution in [0.2, 0.25) is 5.02 Å². The highest BCUT2D eigenvalue weighted by Gasteiger charge is 2.20. The van der Waals surface area contributed by atoms with Gasteiger partial charge in [0.2, 0.25) is 11.8 Å². The van der Waals surface area contributed by atoms with E-state index in [0.29, 0.717) is 16.1 Å². The van der Waals surface area contributed by atoms with Crippen LogP contribution in [0.3, 0.4) is 0 Å². The maximum atomic E-state index is 12.7. The van der Waals surface area contributed by atoms with E-state index in [1.807, 2.05) is 56.3 Å². The van der Waals surface area contributed by atoms with Gasteiger partial charge in [0, 0.05) is 22.3 Å². The average molecular weight is 388 g/mol.